The van der Waals surface area contributed by atoms with Gasteiger partial charge < -0.3 is 9.64 Å². The topological polar surface area (TPSA) is 63.7 Å². The van der Waals surface area contributed by atoms with Crippen LogP contribution in [0.5, 0.6) is 5.75 Å². The fraction of sp³-hybridized carbons (Fsp3) is 0.375. The zero-order chi connectivity index (χ0) is 20.0. The van der Waals surface area contributed by atoms with Crippen LogP contribution in [-0.2, 0) is 35.6 Å². The number of amides is 1. The van der Waals surface area contributed by atoms with Gasteiger partial charge in [-0.2, -0.15) is 0 Å². The Labute approximate surface area is 169 Å². The van der Waals surface area contributed by atoms with Gasteiger partial charge in [0.1, 0.15) is 18.1 Å². The van der Waals surface area contributed by atoms with Crippen LogP contribution in [0.2, 0.25) is 0 Å². The number of hydrogen-bond donors (Lipinski definition) is 0. The van der Waals surface area contributed by atoms with Gasteiger partial charge >= 0.3 is 0 Å². The third-order valence-electron chi connectivity index (χ3n) is 6.33. The van der Waals surface area contributed by atoms with Crippen LogP contribution in [-0.4, -0.2) is 28.4 Å². The minimum Gasteiger partial charge on any atom is -0.489 e. The fourth-order valence-corrected chi connectivity index (χ4v) is 4.78. The summed E-state index contributed by atoms with van der Waals surface area (Å²) in [5.41, 5.74) is 5.41. The lowest BCUT2D eigenvalue weighted by atomic mass is 9.92. The van der Waals surface area contributed by atoms with E-state index in [2.05, 4.69) is 18.2 Å². The van der Waals surface area contributed by atoms with Crippen LogP contribution in [0.25, 0.3) is 0 Å². The maximum atomic E-state index is 12.9. The molecule has 1 amide bonds. The Morgan fingerprint density at radius 2 is 1.86 bits per heavy atom. The largest absolute Gasteiger partial charge is 0.489 e. The van der Waals surface area contributed by atoms with E-state index in [9.17, 15) is 14.4 Å². The standard InChI is InChI=1S/C24H23NO4/c26-18-9-10-21(22(27)12-18)25-13-20-19(24(25)28)5-2-6-23(20)29-14-15-7-8-16-3-1-4-17(16)11-15/h2,5-8,11,21H,1,3-4,9-10,12-14H2. The number of ketones is 2. The number of aryl methyl sites for hydroxylation is 2. The molecule has 5 rings (SSSR count). The van der Waals surface area contributed by atoms with Gasteiger partial charge in [-0.25, -0.2) is 0 Å². The lowest BCUT2D eigenvalue weighted by Crippen LogP contribution is -2.44. The number of benzene rings is 2. The molecule has 3 aliphatic rings. The van der Waals surface area contributed by atoms with Crippen LogP contribution in [0.1, 0.15) is 58.3 Å². The molecule has 1 aliphatic heterocycles. The van der Waals surface area contributed by atoms with Crippen molar-refractivity contribution in [2.45, 2.75) is 57.7 Å². The Kier molecular flexibility index (Phi) is 4.46. The highest BCUT2D eigenvalue weighted by Crippen LogP contribution is 2.34. The van der Waals surface area contributed by atoms with Crippen LogP contribution >= 0.6 is 0 Å². The molecular weight excluding hydrogens is 366 g/mol. The second-order valence-corrected chi connectivity index (χ2v) is 8.20. The van der Waals surface area contributed by atoms with E-state index in [1.54, 1.807) is 11.0 Å². The van der Waals surface area contributed by atoms with Gasteiger partial charge in [-0.05, 0) is 54.5 Å². The molecule has 0 aromatic heterocycles. The first-order valence-electron chi connectivity index (χ1n) is 10.3. The number of carbonyl (C=O) groups is 3. The van der Waals surface area contributed by atoms with E-state index in [4.69, 9.17) is 4.74 Å². The van der Waals surface area contributed by atoms with Crippen molar-refractivity contribution >= 4 is 17.5 Å². The number of fused-ring (bicyclic) bond motifs is 2. The molecule has 5 nitrogen and oxygen atoms in total. The molecule has 0 radical (unpaired) electrons. The van der Waals surface area contributed by atoms with E-state index in [-0.39, 0.29) is 23.9 Å². The minimum atomic E-state index is -0.503. The Balaban J connectivity index is 1.34. The smallest absolute Gasteiger partial charge is 0.255 e. The maximum Gasteiger partial charge on any atom is 0.255 e. The molecule has 0 spiro atoms. The third-order valence-corrected chi connectivity index (χ3v) is 6.33. The Bertz CT molecular complexity index is 1030. The number of Topliss-reactive ketones (excluding diaryl/α,β-unsaturated/α-hetero) is 2. The first-order chi connectivity index (χ1) is 14.1. The monoisotopic (exact) mass is 389 g/mol. The Morgan fingerprint density at radius 3 is 2.72 bits per heavy atom. The highest BCUT2D eigenvalue weighted by molar-refractivity contribution is 6.07. The molecule has 1 atom stereocenters. The summed E-state index contributed by atoms with van der Waals surface area (Å²) in [6.45, 7) is 0.813. The van der Waals surface area contributed by atoms with Crippen LogP contribution in [0, 0.1) is 0 Å². The summed E-state index contributed by atoms with van der Waals surface area (Å²) >= 11 is 0. The van der Waals surface area contributed by atoms with E-state index in [1.807, 2.05) is 12.1 Å². The molecule has 2 aromatic rings. The summed E-state index contributed by atoms with van der Waals surface area (Å²) in [4.78, 5) is 38.4. The van der Waals surface area contributed by atoms with Crippen molar-refractivity contribution < 1.29 is 19.1 Å². The Hall–Kier alpha value is -2.95. The van der Waals surface area contributed by atoms with Gasteiger partial charge in [-0.1, -0.05) is 24.3 Å². The molecule has 0 N–H and O–H groups in total. The van der Waals surface area contributed by atoms with Gasteiger partial charge in [-0.3, -0.25) is 14.4 Å². The zero-order valence-corrected chi connectivity index (χ0v) is 16.3. The number of hydrogen-bond acceptors (Lipinski definition) is 4. The lowest BCUT2D eigenvalue weighted by Gasteiger charge is -2.29. The van der Waals surface area contributed by atoms with E-state index in [0.29, 0.717) is 37.3 Å². The van der Waals surface area contributed by atoms with Gasteiger partial charge in [0, 0.05) is 17.5 Å². The highest BCUT2D eigenvalue weighted by Gasteiger charge is 2.39. The highest BCUT2D eigenvalue weighted by atomic mass is 16.5. The van der Waals surface area contributed by atoms with E-state index in [1.165, 1.54) is 17.5 Å². The molecule has 29 heavy (non-hydrogen) atoms. The van der Waals surface area contributed by atoms with E-state index >= 15 is 0 Å². The Morgan fingerprint density at radius 1 is 1.00 bits per heavy atom. The molecular formula is C24H23NO4. The summed E-state index contributed by atoms with van der Waals surface area (Å²) in [5, 5.41) is 0. The van der Waals surface area contributed by atoms with Crippen LogP contribution in [0.3, 0.4) is 0 Å². The maximum absolute atomic E-state index is 12.9. The molecule has 0 bridgehead atoms. The quantitative estimate of drug-likeness (QED) is 0.752. The minimum absolute atomic E-state index is 0.0335. The van der Waals surface area contributed by atoms with Crippen molar-refractivity contribution in [3.8, 4) is 5.75 Å². The molecule has 1 heterocycles. The third kappa shape index (κ3) is 3.24. The first-order valence-corrected chi connectivity index (χ1v) is 10.3. The summed E-state index contributed by atoms with van der Waals surface area (Å²) < 4.78 is 6.10. The van der Waals surface area contributed by atoms with Crippen molar-refractivity contribution in [3.63, 3.8) is 0 Å². The average Bonchev–Trinajstić information content (AvgIpc) is 3.31. The van der Waals surface area contributed by atoms with Crippen molar-refractivity contribution in [1.29, 1.82) is 0 Å². The van der Waals surface area contributed by atoms with Gasteiger partial charge in [0.15, 0.2) is 5.78 Å². The summed E-state index contributed by atoms with van der Waals surface area (Å²) in [6, 6.07) is 11.5. The normalized spacial score (nSPS) is 20.8. The molecule has 2 aromatic carbocycles. The van der Waals surface area contributed by atoms with Gasteiger partial charge in [0.2, 0.25) is 0 Å². The van der Waals surface area contributed by atoms with Crippen LogP contribution < -0.4 is 4.74 Å². The van der Waals surface area contributed by atoms with Crippen molar-refractivity contribution in [2.75, 3.05) is 0 Å². The van der Waals surface area contributed by atoms with Gasteiger partial charge in [-0.15, -0.1) is 0 Å². The summed E-state index contributed by atoms with van der Waals surface area (Å²) in [7, 11) is 0. The SMILES string of the molecule is O=C1CCC(N2Cc3c(OCc4ccc5c(c4)CCC5)cccc3C2=O)C(=O)C1. The second kappa shape index (κ2) is 7.14. The molecule has 1 unspecified atom stereocenters. The number of ether oxygens (including phenoxy) is 1. The predicted molar refractivity (Wildman–Crippen MR) is 107 cm³/mol. The molecule has 1 fully saturated rings. The van der Waals surface area contributed by atoms with E-state index < -0.39 is 6.04 Å². The lowest BCUT2D eigenvalue weighted by molar-refractivity contribution is -0.133. The molecule has 2 aliphatic carbocycles. The first kappa shape index (κ1) is 18.1. The number of rotatable bonds is 4. The predicted octanol–water partition coefficient (Wildman–Crippen LogP) is 3.40. The van der Waals surface area contributed by atoms with Crippen molar-refractivity contribution in [1.82, 2.24) is 4.90 Å². The van der Waals surface area contributed by atoms with Crippen LogP contribution in [0.4, 0.5) is 0 Å². The molecule has 0 saturated heterocycles. The van der Waals surface area contributed by atoms with Gasteiger partial charge in [0.25, 0.3) is 5.91 Å². The summed E-state index contributed by atoms with van der Waals surface area (Å²) in [5.74, 6) is 0.366. The van der Waals surface area contributed by atoms with Crippen molar-refractivity contribution in [3.05, 3.63) is 64.2 Å². The summed E-state index contributed by atoms with van der Waals surface area (Å²) in [6.07, 6.45) is 4.22. The zero-order valence-electron chi connectivity index (χ0n) is 16.3. The fourth-order valence-electron chi connectivity index (χ4n) is 4.78. The van der Waals surface area contributed by atoms with E-state index in [0.717, 1.165) is 24.0 Å². The van der Waals surface area contributed by atoms with Crippen molar-refractivity contribution in [2.24, 2.45) is 0 Å². The number of nitrogens with zero attached hydrogens (tertiary/aromatic N) is 1. The molecule has 5 heteroatoms. The van der Waals surface area contributed by atoms with Gasteiger partial charge in [0.05, 0.1) is 19.0 Å². The average molecular weight is 389 g/mol. The number of carbonyl (C=O) groups excluding carboxylic acids is 3. The molecule has 148 valence electrons. The second-order valence-electron chi connectivity index (χ2n) is 8.20. The molecule has 1 saturated carbocycles. The van der Waals surface area contributed by atoms with Crippen LogP contribution in [0.15, 0.2) is 36.4 Å².